The lowest BCUT2D eigenvalue weighted by Gasteiger charge is -2.14. The van der Waals surface area contributed by atoms with Crippen molar-refractivity contribution in [1.82, 2.24) is 19.9 Å². The average molecular weight is 435 g/mol. The van der Waals surface area contributed by atoms with Crippen molar-refractivity contribution >= 4 is 23.5 Å². The monoisotopic (exact) mass is 434 g/mol. The van der Waals surface area contributed by atoms with E-state index in [1.165, 1.54) is 6.92 Å². The summed E-state index contributed by atoms with van der Waals surface area (Å²) < 4.78 is 5.82. The van der Waals surface area contributed by atoms with Crippen LogP contribution in [0.5, 0.6) is 11.6 Å². The molecule has 0 atom stereocenters. The Hall–Kier alpha value is -4.01. The fourth-order valence-corrected chi connectivity index (χ4v) is 2.83. The summed E-state index contributed by atoms with van der Waals surface area (Å²) in [7, 11) is 1.78. The highest BCUT2D eigenvalue weighted by Crippen LogP contribution is 2.25. The Kier molecular flexibility index (Phi) is 7.69. The molecule has 3 rings (SSSR count). The van der Waals surface area contributed by atoms with Gasteiger partial charge in [-0.25, -0.2) is 4.98 Å². The SMILES string of the molecule is CC(=O)Nc1ccc(-c2ccc(Oc3cncc(NCCCN(C)C(C)=O)n3)cc2)cn1. The quantitative estimate of drug-likeness (QED) is 0.496. The molecule has 2 N–H and O–H groups in total. The van der Waals surface area contributed by atoms with Gasteiger partial charge in [0.15, 0.2) is 0 Å². The Morgan fingerprint density at radius 3 is 2.38 bits per heavy atom. The lowest BCUT2D eigenvalue weighted by atomic mass is 10.1. The second-order valence-corrected chi connectivity index (χ2v) is 7.20. The molecular formula is C23H26N6O3. The highest BCUT2D eigenvalue weighted by Gasteiger charge is 2.05. The Bertz CT molecular complexity index is 1050. The molecule has 1 aromatic carbocycles. The van der Waals surface area contributed by atoms with Crippen LogP contribution in [0, 0.1) is 0 Å². The molecule has 0 fully saturated rings. The smallest absolute Gasteiger partial charge is 0.239 e. The predicted octanol–water partition coefficient (Wildman–Crippen LogP) is 3.57. The summed E-state index contributed by atoms with van der Waals surface area (Å²) in [6.45, 7) is 4.33. The van der Waals surface area contributed by atoms with Gasteiger partial charge >= 0.3 is 0 Å². The summed E-state index contributed by atoms with van der Waals surface area (Å²) in [4.78, 5) is 36.8. The minimum absolute atomic E-state index is 0.0458. The minimum Gasteiger partial charge on any atom is -0.437 e. The fraction of sp³-hybridized carbons (Fsp3) is 0.261. The topological polar surface area (TPSA) is 109 Å². The number of ether oxygens (including phenoxy) is 1. The van der Waals surface area contributed by atoms with Crippen LogP contribution in [0.25, 0.3) is 11.1 Å². The number of aromatic nitrogens is 3. The summed E-state index contributed by atoms with van der Waals surface area (Å²) in [6.07, 6.45) is 5.68. The van der Waals surface area contributed by atoms with Gasteiger partial charge < -0.3 is 20.3 Å². The first-order valence-electron chi connectivity index (χ1n) is 10.2. The molecule has 0 unspecified atom stereocenters. The number of anilines is 2. The van der Waals surface area contributed by atoms with Crippen molar-refractivity contribution in [3.8, 4) is 22.8 Å². The third-order valence-electron chi connectivity index (χ3n) is 4.60. The van der Waals surface area contributed by atoms with Crippen LogP contribution in [0.2, 0.25) is 0 Å². The standard InChI is InChI=1S/C23H26N6O3/c1-16(30)27-21-10-7-19(13-26-21)18-5-8-20(9-6-18)32-23-15-24-14-22(28-23)25-11-4-12-29(3)17(2)31/h5-10,13-15H,4,11-12H2,1-3H3,(H,25,28)(H,26,27,30). The maximum absolute atomic E-state index is 11.2. The van der Waals surface area contributed by atoms with Gasteiger partial charge in [0.05, 0.1) is 12.4 Å². The molecule has 0 saturated carbocycles. The third kappa shape index (κ3) is 6.76. The van der Waals surface area contributed by atoms with Gasteiger partial charge in [-0.05, 0) is 36.2 Å². The summed E-state index contributed by atoms with van der Waals surface area (Å²) in [5, 5.41) is 5.83. The molecule has 0 aliphatic heterocycles. The number of amides is 2. The first kappa shape index (κ1) is 22.7. The van der Waals surface area contributed by atoms with Gasteiger partial charge in [-0.3, -0.25) is 14.6 Å². The first-order chi connectivity index (χ1) is 15.4. The largest absolute Gasteiger partial charge is 0.437 e. The van der Waals surface area contributed by atoms with Crippen molar-refractivity contribution in [2.24, 2.45) is 0 Å². The number of pyridine rings is 1. The van der Waals surface area contributed by atoms with Crippen LogP contribution in [0.15, 0.2) is 55.0 Å². The normalized spacial score (nSPS) is 10.3. The molecule has 9 heteroatoms. The fourth-order valence-electron chi connectivity index (χ4n) is 2.83. The van der Waals surface area contributed by atoms with Gasteiger partial charge in [-0.2, -0.15) is 4.98 Å². The number of carbonyl (C=O) groups is 2. The molecular weight excluding hydrogens is 408 g/mol. The van der Waals surface area contributed by atoms with E-state index in [4.69, 9.17) is 4.74 Å². The van der Waals surface area contributed by atoms with Crippen molar-refractivity contribution in [2.45, 2.75) is 20.3 Å². The van der Waals surface area contributed by atoms with Crippen molar-refractivity contribution in [3.63, 3.8) is 0 Å². The Balaban J connectivity index is 1.55. The lowest BCUT2D eigenvalue weighted by Crippen LogP contribution is -2.26. The van der Waals surface area contributed by atoms with Crippen LogP contribution in [0.4, 0.5) is 11.6 Å². The van der Waals surface area contributed by atoms with E-state index in [-0.39, 0.29) is 11.8 Å². The molecule has 2 aromatic heterocycles. The maximum atomic E-state index is 11.2. The van der Waals surface area contributed by atoms with E-state index >= 15 is 0 Å². The van der Waals surface area contributed by atoms with Crippen molar-refractivity contribution < 1.29 is 14.3 Å². The molecule has 0 radical (unpaired) electrons. The summed E-state index contributed by atoms with van der Waals surface area (Å²) in [5.41, 5.74) is 1.89. The molecule has 166 valence electrons. The van der Waals surface area contributed by atoms with Crippen LogP contribution in [-0.2, 0) is 9.59 Å². The van der Waals surface area contributed by atoms with E-state index in [0.717, 1.165) is 17.5 Å². The highest BCUT2D eigenvalue weighted by molar-refractivity contribution is 5.87. The second-order valence-electron chi connectivity index (χ2n) is 7.20. The molecule has 0 spiro atoms. The highest BCUT2D eigenvalue weighted by atomic mass is 16.5. The Labute approximate surface area is 186 Å². The lowest BCUT2D eigenvalue weighted by molar-refractivity contribution is -0.127. The van der Waals surface area contributed by atoms with E-state index in [2.05, 4.69) is 25.6 Å². The Morgan fingerprint density at radius 1 is 0.969 bits per heavy atom. The summed E-state index contributed by atoms with van der Waals surface area (Å²) >= 11 is 0. The van der Waals surface area contributed by atoms with Crippen molar-refractivity contribution in [3.05, 3.63) is 55.0 Å². The number of nitrogens with one attached hydrogen (secondary N) is 2. The number of rotatable bonds is 9. The van der Waals surface area contributed by atoms with E-state index in [9.17, 15) is 9.59 Å². The molecule has 0 saturated heterocycles. The second kappa shape index (κ2) is 10.9. The first-order valence-corrected chi connectivity index (χ1v) is 10.2. The van der Waals surface area contributed by atoms with Crippen LogP contribution in [0.1, 0.15) is 20.3 Å². The Morgan fingerprint density at radius 2 is 1.72 bits per heavy atom. The van der Waals surface area contributed by atoms with Gasteiger partial charge in [0.1, 0.15) is 17.4 Å². The molecule has 2 amide bonds. The third-order valence-corrected chi connectivity index (χ3v) is 4.60. The summed E-state index contributed by atoms with van der Waals surface area (Å²) in [6, 6.07) is 11.2. The van der Waals surface area contributed by atoms with Crippen LogP contribution in [-0.4, -0.2) is 51.8 Å². The van der Waals surface area contributed by atoms with E-state index in [1.807, 2.05) is 30.3 Å². The minimum atomic E-state index is -0.158. The van der Waals surface area contributed by atoms with E-state index in [0.29, 0.717) is 36.4 Å². The zero-order valence-electron chi connectivity index (χ0n) is 18.3. The zero-order valence-corrected chi connectivity index (χ0v) is 18.3. The predicted molar refractivity (Wildman–Crippen MR) is 123 cm³/mol. The van der Waals surface area contributed by atoms with E-state index < -0.39 is 0 Å². The molecule has 2 heterocycles. The molecule has 32 heavy (non-hydrogen) atoms. The molecule has 0 bridgehead atoms. The number of carbonyl (C=O) groups excluding carboxylic acids is 2. The van der Waals surface area contributed by atoms with E-state index in [1.54, 1.807) is 43.5 Å². The van der Waals surface area contributed by atoms with Gasteiger partial charge in [0.25, 0.3) is 0 Å². The van der Waals surface area contributed by atoms with Gasteiger partial charge in [-0.15, -0.1) is 0 Å². The summed E-state index contributed by atoms with van der Waals surface area (Å²) in [5.74, 6) is 2.02. The van der Waals surface area contributed by atoms with Gasteiger partial charge in [0.2, 0.25) is 17.7 Å². The van der Waals surface area contributed by atoms with Crippen molar-refractivity contribution in [2.75, 3.05) is 30.8 Å². The van der Waals surface area contributed by atoms with Crippen LogP contribution in [0.3, 0.4) is 0 Å². The number of hydrogen-bond acceptors (Lipinski definition) is 7. The number of nitrogens with zero attached hydrogens (tertiary/aromatic N) is 4. The van der Waals surface area contributed by atoms with Gasteiger partial charge in [0, 0.05) is 45.7 Å². The zero-order chi connectivity index (χ0) is 22.9. The average Bonchev–Trinajstić information content (AvgIpc) is 2.77. The van der Waals surface area contributed by atoms with Crippen molar-refractivity contribution in [1.29, 1.82) is 0 Å². The number of benzene rings is 1. The van der Waals surface area contributed by atoms with Crippen LogP contribution < -0.4 is 15.4 Å². The van der Waals surface area contributed by atoms with Crippen LogP contribution >= 0.6 is 0 Å². The van der Waals surface area contributed by atoms with Gasteiger partial charge in [-0.1, -0.05) is 12.1 Å². The molecule has 0 aliphatic rings. The maximum Gasteiger partial charge on any atom is 0.239 e. The molecule has 0 aliphatic carbocycles. The number of hydrogen-bond donors (Lipinski definition) is 2. The molecule has 3 aromatic rings. The molecule has 9 nitrogen and oxygen atoms in total.